The van der Waals surface area contributed by atoms with E-state index in [9.17, 15) is 4.79 Å². The number of nitrogens with zero attached hydrogens (tertiary/aromatic N) is 4. The molecule has 0 saturated heterocycles. The van der Waals surface area contributed by atoms with Gasteiger partial charge in [-0.2, -0.15) is 10.4 Å². The van der Waals surface area contributed by atoms with Gasteiger partial charge in [0.15, 0.2) is 0 Å². The molecule has 4 rings (SSSR count). The summed E-state index contributed by atoms with van der Waals surface area (Å²) in [4.78, 5) is 13.7. The Morgan fingerprint density at radius 1 is 1.24 bits per heavy atom. The highest BCUT2D eigenvalue weighted by atomic mass is 16.1. The Balaban J connectivity index is 1.73. The monoisotopic (exact) mass is 385 g/mol. The zero-order chi connectivity index (χ0) is 20.4. The van der Waals surface area contributed by atoms with Gasteiger partial charge in [-0.3, -0.25) is 9.48 Å². The Morgan fingerprint density at radius 3 is 2.76 bits per heavy atom. The van der Waals surface area contributed by atoms with E-state index in [-0.39, 0.29) is 5.91 Å². The number of hydrogen-bond donors (Lipinski definition) is 1. The number of nitriles is 1. The maximum absolute atomic E-state index is 11.4. The van der Waals surface area contributed by atoms with Crippen LogP contribution in [0.25, 0.3) is 11.3 Å². The number of nitrogens with one attached hydrogen (secondary N) is 1. The first-order chi connectivity index (χ1) is 14.0. The summed E-state index contributed by atoms with van der Waals surface area (Å²) in [5, 5.41) is 16.8. The number of likely N-dealkylation sites (N-methyl/N-ethyl adjacent to an activating group) is 1. The van der Waals surface area contributed by atoms with E-state index in [4.69, 9.17) is 10.4 Å². The Labute approximate surface area is 170 Å². The van der Waals surface area contributed by atoms with Gasteiger partial charge in [0.1, 0.15) is 0 Å². The van der Waals surface area contributed by atoms with Crippen LogP contribution in [0.4, 0.5) is 5.69 Å². The average molecular weight is 385 g/mol. The zero-order valence-electron chi connectivity index (χ0n) is 16.6. The number of benzene rings is 2. The van der Waals surface area contributed by atoms with Crippen molar-refractivity contribution in [2.75, 3.05) is 18.9 Å². The van der Waals surface area contributed by atoms with E-state index in [1.54, 1.807) is 0 Å². The van der Waals surface area contributed by atoms with Crippen LogP contribution < -0.4 is 5.32 Å². The number of aromatic nitrogens is 2. The lowest BCUT2D eigenvalue weighted by atomic mass is 10.0. The van der Waals surface area contributed by atoms with E-state index in [0.29, 0.717) is 12.1 Å². The van der Waals surface area contributed by atoms with E-state index in [0.717, 1.165) is 42.0 Å². The summed E-state index contributed by atoms with van der Waals surface area (Å²) in [6.07, 6.45) is 0.945. The highest BCUT2D eigenvalue weighted by Gasteiger charge is 2.24. The molecule has 0 unspecified atom stereocenters. The van der Waals surface area contributed by atoms with Crippen molar-refractivity contribution < 1.29 is 4.79 Å². The summed E-state index contributed by atoms with van der Waals surface area (Å²) in [5.74, 6) is -0.0877. The van der Waals surface area contributed by atoms with Gasteiger partial charge >= 0.3 is 0 Å². The normalized spacial score (nSPS) is 13.6. The predicted molar refractivity (Wildman–Crippen MR) is 112 cm³/mol. The number of amides is 1. The van der Waals surface area contributed by atoms with Crippen LogP contribution >= 0.6 is 0 Å². The fourth-order valence-corrected chi connectivity index (χ4v) is 3.79. The first-order valence-electron chi connectivity index (χ1n) is 9.67. The molecule has 2 aromatic carbocycles. The van der Waals surface area contributed by atoms with Gasteiger partial charge in [0, 0.05) is 48.9 Å². The van der Waals surface area contributed by atoms with E-state index in [1.165, 1.54) is 18.2 Å². The van der Waals surface area contributed by atoms with Gasteiger partial charge < -0.3 is 10.2 Å². The quantitative estimate of drug-likeness (QED) is 0.747. The maximum Gasteiger partial charge on any atom is 0.221 e. The molecule has 0 bridgehead atoms. The summed E-state index contributed by atoms with van der Waals surface area (Å²) in [7, 11) is 2.12. The third kappa shape index (κ3) is 4.05. The smallest absolute Gasteiger partial charge is 0.221 e. The SMILES string of the molecule is CC(=O)Nc1cccc(-c2nn(Cc3ccc(C#N)cc3)c3c2CN(C)CC3)c1. The van der Waals surface area contributed by atoms with E-state index < -0.39 is 0 Å². The zero-order valence-corrected chi connectivity index (χ0v) is 16.6. The van der Waals surface area contributed by atoms with Crippen molar-refractivity contribution in [1.29, 1.82) is 5.26 Å². The van der Waals surface area contributed by atoms with Gasteiger partial charge in [0.25, 0.3) is 0 Å². The van der Waals surface area contributed by atoms with Crippen molar-refractivity contribution in [3.05, 3.63) is 70.9 Å². The minimum atomic E-state index is -0.0877. The maximum atomic E-state index is 11.4. The number of hydrogen-bond acceptors (Lipinski definition) is 4. The van der Waals surface area contributed by atoms with Gasteiger partial charge in [-0.25, -0.2) is 0 Å². The van der Waals surface area contributed by atoms with Crippen molar-refractivity contribution >= 4 is 11.6 Å². The third-order valence-electron chi connectivity index (χ3n) is 5.20. The molecule has 0 radical (unpaired) electrons. The standard InChI is InChI=1S/C23H23N5O/c1-16(29)25-20-5-3-4-19(12-20)23-21-15-27(2)11-10-22(21)28(26-23)14-18-8-6-17(13-24)7-9-18/h3-9,12H,10-11,14-15H2,1-2H3,(H,25,29). The Bertz CT molecular complexity index is 1090. The molecule has 6 heteroatoms. The van der Waals surface area contributed by atoms with E-state index in [1.807, 2.05) is 48.5 Å². The molecule has 1 N–H and O–H groups in total. The molecule has 1 aliphatic rings. The molecule has 0 aliphatic carbocycles. The molecule has 0 atom stereocenters. The summed E-state index contributed by atoms with van der Waals surface area (Å²) in [6, 6.07) is 17.7. The highest BCUT2D eigenvalue weighted by molar-refractivity contribution is 5.89. The molecule has 1 aromatic heterocycles. The summed E-state index contributed by atoms with van der Waals surface area (Å²) in [6.45, 7) is 4.03. The van der Waals surface area contributed by atoms with Crippen molar-refractivity contribution in [3.8, 4) is 17.3 Å². The average Bonchev–Trinajstić information content (AvgIpc) is 3.06. The molecule has 1 amide bonds. The molecule has 29 heavy (non-hydrogen) atoms. The highest BCUT2D eigenvalue weighted by Crippen LogP contribution is 2.31. The summed E-state index contributed by atoms with van der Waals surface area (Å²) in [5.41, 5.74) is 7.02. The number of carbonyl (C=O) groups excluding carboxylic acids is 1. The molecule has 2 heterocycles. The molecule has 146 valence electrons. The molecular formula is C23H23N5O. The molecule has 0 spiro atoms. The Kier molecular flexibility index (Phi) is 5.15. The first kappa shape index (κ1) is 18.9. The van der Waals surface area contributed by atoms with Crippen LogP contribution in [-0.2, 0) is 24.3 Å². The Hall–Kier alpha value is -3.43. The second-order valence-corrected chi connectivity index (χ2v) is 7.49. The molecular weight excluding hydrogens is 362 g/mol. The van der Waals surface area contributed by atoms with Crippen LogP contribution in [0.5, 0.6) is 0 Å². The Morgan fingerprint density at radius 2 is 2.03 bits per heavy atom. The molecule has 0 fully saturated rings. The topological polar surface area (TPSA) is 74.0 Å². The predicted octanol–water partition coefficient (Wildman–Crippen LogP) is 3.42. The molecule has 0 saturated carbocycles. The lowest BCUT2D eigenvalue weighted by Crippen LogP contribution is -2.27. The van der Waals surface area contributed by atoms with Crippen LogP contribution in [0, 0.1) is 11.3 Å². The van der Waals surface area contributed by atoms with Crippen LogP contribution in [0.15, 0.2) is 48.5 Å². The molecule has 3 aromatic rings. The number of carbonyl (C=O) groups is 1. The largest absolute Gasteiger partial charge is 0.326 e. The second-order valence-electron chi connectivity index (χ2n) is 7.49. The first-order valence-corrected chi connectivity index (χ1v) is 9.67. The lowest BCUT2D eigenvalue weighted by Gasteiger charge is -2.23. The lowest BCUT2D eigenvalue weighted by molar-refractivity contribution is -0.114. The van der Waals surface area contributed by atoms with Crippen LogP contribution in [-0.4, -0.2) is 34.2 Å². The van der Waals surface area contributed by atoms with Crippen LogP contribution in [0.1, 0.15) is 29.3 Å². The van der Waals surface area contributed by atoms with E-state index >= 15 is 0 Å². The summed E-state index contributed by atoms with van der Waals surface area (Å²) < 4.78 is 2.09. The second kappa shape index (κ2) is 7.90. The van der Waals surface area contributed by atoms with Gasteiger partial charge in [-0.05, 0) is 36.9 Å². The van der Waals surface area contributed by atoms with Gasteiger partial charge in [-0.15, -0.1) is 0 Å². The van der Waals surface area contributed by atoms with E-state index in [2.05, 4.69) is 28.0 Å². The molecule has 6 nitrogen and oxygen atoms in total. The van der Waals surface area contributed by atoms with Crippen molar-refractivity contribution in [2.24, 2.45) is 0 Å². The van der Waals surface area contributed by atoms with Gasteiger partial charge in [-0.1, -0.05) is 24.3 Å². The van der Waals surface area contributed by atoms with Crippen molar-refractivity contribution in [1.82, 2.24) is 14.7 Å². The van der Waals surface area contributed by atoms with Crippen molar-refractivity contribution in [3.63, 3.8) is 0 Å². The van der Waals surface area contributed by atoms with Crippen LogP contribution in [0.3, 0.4) is 0 Å². The number of anilines is 1. The van der Waals surface area contributed by atoms with Gasteiger partial charge in [0.05, 0.1) is 23.9 Å². The minimum absolute atomic E-state index is 0.0877. The summed E-state index contributed by atoms with van der Waals surface area (Å²) >= 11 is 0. The molecule has 1 aliphatic heterocycles. The fourth-order valence-electron chi connectivity index (χ4n) is 3.79. The van der Waals surface area contributed by atoms with Gasteiger partial charge in [0.2, 0.25) is 5.91 Å². The number of fused-ring (bicyclic) bond motifs is 1. The number of rotatable bonds is 4. The minimum Gasteiger partial charge on any atom is -0.326 e. The van der Waals surface area contributed by atoms with Crippen molar-refractivity contribution in [2.45, 2.75) is 26.4 Å². The van der Waals surface area contributed by atoms with Crippen LogP contribution in [0.2, 0.25) is 0 Å². The fraction of sp³-hybridized carbons (Fsp3) is 0.261. The third-order valence-corrected chi connectivity index (χ3v) is 5.20.